The van der Waals surface area contributed by atoms with Crippen LogP contribution in [0.25, 0.3) is 16.3 Å². The van der Waals surface area contributed by atoms with Gasteiger partial charge in [0, 0.05) is 39.3 Å². The maximum absolute atomic E-state index is 13.0. The van der Waals surface area contributed by atoms with E-state index in [4.69, 9.17) is 4.42 Å². The summed E-state index contributed by atoms with van der Waals surface area (Å²) in [5, 5.41) is 0. The molecule has 1 aliphatic heterocycles. The summed E-state index contributed by atoms with van der Waals surface area (Å²) in [6, 6.07) is 8.20. The molecule has 0 aliphatic carbocycles. The number of nitrogens with zero attached hydrogens (tertiary/aromatic N) is 3. The van der Waals surface area contributed by atoms with Gasteiger partial charge in [0.25, 0.3) is 0 Å². The van der Waals surface area contributed by atoms with E-state index in [0.717, 1.165) is 11.3 Å². The van der Waals surface area contributed by atoms with Gasteiger partial charge >= 0.3 is 4.87 Å². The first kappa shape index (κ1) is 19.6. The summed E-state index contributed by atoms with van der Waals surface area (Å²) in [6.07, 6.45) is 4.54. The van der Waals surface area contributed by atoms with Crippen molar-refractivity contribution in [1.29, 1.82) is 0 Å². The summed E-state index contributed by atoms with van der Waals surface area (Å²) in [5.41, 5.74) is 0.706. The van der Waals surface area contributed by atoms with Gasteiger partial charge in [0.15, 0.2) is 0 Å². The zero-order valence-electron chi connectivity index (χ0n) is 15.6. The first-order valence-electron chi connectivity index (χ1n) is 8.96. The molecule has 1 aromatic carbocycles. The Kier molecular flexibility index (Phi) is 5.15. The number of amides is 1. The lowest BCUT2D eigenvalue weighted by atomic mass is 10.3. The molecule has 0 atom stereocenters. The minimum absolute atomic E-state index is 0.135. The molecule has 1 fully saturated rings. The highest BCUT2D eigenvalue weighted by molar-refractivity contribution is 7.89. The third kappa shape index (κ3) is 3.78. The van der Waals surface area contributed by atoms with E-state index in [1.165, 1.54) is 27.3 Å². The highest BCUT2D eigenvalue weighted by Gasteiger charge is 2.30. The summed E-state index contributed by atoms with van der Waals surface area (Å²) in [5.74, 6) is 0.395. The van der Waals surface area contributed by atoms with E-state index in [-0.39, 0.29) is 28.8 Å². The average molecular weight is 434 g/mol. The summed E-state index contributed by atoms with van der Waals surface area (Å²) in [6.45, 7) is 1.04. The smallest absolute Gasteiger partial charge is 0.307 e. The van der Waals surface area contributed by atoms with Crippen molar-refractivity contribution in [3.8, 4) is 0 Å². The van der Waals surface area contributed by atoms with Crippen molar-refractivity contribution in [3.05, 3.63) is 58.1 Å². The molecule has 1 aliphatic rings. The van der Waals surface area contributed by atoms with Crippen LogP contribution in [0, 0.1) is 0 Å². The number of hydrogen-bond donors (Lipinski definition) is 0. The summed E-state index contributed by atoms with van der Waals surface area (Å²) < 4.78 is 34.7. The number of hydrogen-bond acceptors (Lipinski definition) is 6. The van der Waals surface area contributed by atoms with Gasteiger partial charge in [-0.2, -0.15) is 4.31 Å². The van der Waals surface area contributed by atoms with Crippen molar-refractivity contribution < 1.29 is 17.6 Å². The molecular formula is C19H19N3O5S2. The third-order valence-electron chi connectivity index (χ3n) is 4.89. The lowest BCUT2D eigenvalue weighted by Crippen LogP contribution is -2.50. The van der Waals surface area contributed by atoms with Crippen LogP contribution < -0.4 is 4.87 Å². The van der Waals surface area contributed by atoms with Gasteiger partial charge in [0.2, 0.25) is 15.9 Å². The van der Waals surface area contributed by atoms with Crippen LogP contribution in [-0.2, 0) is 21.9 Å². The number of carbonyl (C=O) groups is 1. The average Bonchev–Trinajstić information content (AvgIpc) is 3.34. The van der Waals surface area contributed by atoms with Gasteiger partial charge in [0.05, 0.1) is 21.4 Å². The first-order chi connectivity index (χ1) is 13.9. The molecule has 1 saturated heterocycles. The predicted molar refractivity (Wildman–Crippen MR) is 110 cm³/mol. The predicted octanol–water partition coefficient (Wildman–Crippen LogP) is 1.74. The zero-order valence-corrected chi connectivity index (χ0v) is 17.3. The Balaban J connectivity index is 1.46. The Morgan fingerprint density at radius 2 is 1.93 bits per heavy atom. The van der Waals surface area contributed by atoms with E-state index in [1.807, 2.05) is 0 Å². The number of benzene rings is 1. The maximum atomic E-state index is 13.0. The van der Waals surface area contributed by atoms with Crippen molar-refractivity contribution in [2.45, 2.75) is 4.90 Å². The molecule has 4 rings (SSSR count). The Bertz CT molecular complexity index is 1230. The van der Waals surface area contributed by atoms with Crippen LogP contribution >= 0.6 is 11.3 Å². The molecule has 3 aromatic rings. The summed E-state index contributed by atoms with van der Waals surface area (Å²) in [7, 11) is -2.04. The molecule has 3 heterocycles. The van der Waals surface area contributed by atoms with Crippen LogP contribution in [0.4, 0.5) is 0 Å². The normalized spacial score (nSPS) is 16.1. The summed E-state index contributed by atoms with van der Waals surface area (Å²) in [4.78, 5) is 25.7. The molecule has 0 N–H and O–H groups in total. The number of fused-ring (bicyclic) bond motifs is 1. The first-order valence-corrected chi connectivity index (χ1v) is 11.2. The zero-order chi connectivity index (χ0) is 20.6. The number of sulfonamides is 1. The van der Waals surface area contributed by atoms with Gasteiger partial charge in [-0.05, 0) is 36.4 Å². The minimum Gasteiger partial charge on any atom is -0.465 e. The van der Waals surface area contributed by atoms with Crippen molar-refractivity contribution in [2.75, 3.05) is 26.2 Å². The SMILES string of the molecule is Cn1c(=O)sc2cc(S(=O)(=O)N3CCN(C(=O)/C=C/c4ccco4)CC3)ccc21. The van der Waals surface area contributed by atoms with Gasteiger partial charge in [-0.3, -0.25) is 9.59 Å². The van der Waals surface area contributed by atoms with Crippen LogP contribution in [0.5, 0.6) is 0 Å². The molecule has 10 heteroatoms. The molecule has 29 heavy (non-hydrogen) atoms. The molecule has 0 spiro atoms. The Morgan fingerprint density at radius 1 is 1.17 bits per heavy atom. The lowest BCUT2D eigenvalue weighted by Gasteiger charge is -2.33. The standard InChI is InChI=1S/C19H19N3O5S2/c1-20-16-6-5-15(13-17(16)28-19(20)24)29(25,26)22-10-8-21(9-11-22)18(23)7-4-14-3-2-12-27-14/h2-7,12-13H,8-11H2,1H3/b7-4+. The van der Waals surface area contributed by atoms with E-state index in [2.05, 4.69) is 0 Å². The topological polar surface area (TPSA) is 92.8 Å². The van der Waals surface area contributed by atoms with E-state index in [0.29, 0.717) is 29.1 Å². The van der Waals surface area contributed by atoms with Crippen LogP contribution in [0.15, 0.2) is 56.8 Å². The summed E-state index contributed by atoms with van der Waals surface area (Å²) >= 11 is 1.02. The van der Waals surface area contributed by atoms with Crippen LogP contribution in [0.1, 0.15) is 5.76 Å². The fraction of sp³-hybridized carbons (Fsp3) is 0.263. The maximum Gasteiger partial charge on any atom is 0.307 e. The van der Waals surface area contributed by atoms with Gasteiger partial charge < -0.3 is 13.9 Å². The second kappa shape index (κ2) is 7.62. The van der Waals surface area contributed by atoms with Crippen LogP contribution in [0.3, 0.4) is 0 Å². The Labute approximate surface area is 171 Å². The molecule has 2 aromatic heterocycles. The molecule has 8 nitrogen and oxygen atoms in total. The van der Waals surface area contributed by atoms with Gasteiger partial charge in [-0.1, -0.05) is 11.3 Å². The van der Waals surface area contributed by atoms with Crippen molar-refractivity contribution >= 4 is 43.6 Å². The Morgan fingerprint density at radius 3 is 2.62 bits per heavy atom. The van der Waals surface area contributed by atoms with E-state index >= 15 is 0 Å². The number of aromatic nitrogens is 1. The second-order valence-corrected chi connectivity index (χ2v) is 9.57. The number of rotatable bonds is 4. The van der Waals surface area contributed by atoms with Crippen LogP contribution in [-0.4, -0.2) is 54.3 Å². The third-order valence-corrected chi connectivity index (χ3v) is 7.78. The number of furan rings is 1. The molecule has 152 valence electrons. The molecular weight excluding hydrogens is 414 g/mol. The second-order valence-electron chi connectivity index (χ2n) is 6.63. The number of thiazole rings is 1. The minimum atomic E-state index is -3.70. The van der Waals surface area contributed by atoms with E-state index in [9.17, 15) is 18.0 Å². The molecule has 0 saturated carbocycles. The highest BCUT2D eigenvalue weighted by atomic mass is 32.2. The van der Waals surface area contributed by atoms with Gasteiger partial charge in [0.1, 0.15) is 5.76 Å². The van der Waals surface area contributed by atoms with Crippen molar-refractivity contribution in [3.63, 3.8) is 0 Å². The van der Waals surface area contributed by atoms with E-state index in [1.54, 1.807) is 42.3 Å². The fourth-order valence-corrected chi connectivity index (χ4v) is 5.66. The fourth-order valence-electron chi connectivity index (χ4n) is 3.22. The quantitative estimate of drug-likeness (QED) is 0.585. The van der Waals surface area contributed by atoms with Crippen molar-refractivity contribution in [1.82, 2.24) is 13.8 Å². The van der Waals surface area contributed by atoms with Crippen LogP contribution in [0.2, 0.25) is 0 Å². The monoisotopic (exact) mass is 433 g/mol. The lowest BCUT2D eigenvalue weighted by molar-refractivity contribution is -0.127. The largest absolute Gasteiger partial charge is 0.465 e. The van der Waals surface area contributed by atoms with Crippen molar-refractivity contribution in [2.24, 2.45) is 7.05 Å². The van der Waals surface area contributed by atoms with E-state index < -0.39 is 10.0 Å². The molecule has 1 amide bonds. The molecule has 0 unspecified atom stereocenters. The number of carbonyl (C=O) groups excluding carboxylic acids is 1. The Hall–Kier alpha value is -2.69. The molecule has 0 radical (unpaired) electrons. The van der Waals surface area contributed by atoms with Gasteiger partial charge in [-0.25, -0.2) is 8.42 Å². The highest BCUT2D eigenvalue weighted by Crippen LogP contribution is 2.24. The molecule has 0 bridgehead atoms. The van der Waals surface area contributed by atoms with Gasteiger partial charge in [-0.15, -0.1) is 0 Å². The number of aryl methyl sites for hydroxylation is 1. The number of piperazine rings is 1.